The lowest BCUT2D eigenvalue weighted by molar-refractivity contribution is -0.141. The maximum atomic E-state index is 14.2. The Morgan fingerprint density at radius 3 is 2.50 bits per heavy atom. The molecule has 3 heterocycles. The minimum atomic E-state index is -4.55. The van der Waals surface area contributed by atoms with Crippen molar-refractivity contribution in [1.82, 2.24) is 10.3 Å². The first-order valence-electron chi connectivity index (χ1n) is 10.8. The van der Waals surface area contributed by atoms with E-state index in [1.54, 1.807) is 6.07 Å². The number of nitrogens with zero attached hydrogens (tertiary/aromatic N) is 3. The molecular formula is C23H19BrF4N4O2. The van der Waals surface area contributed by atoms with Crippen LogP contribution in [0.1, 0.15) is 58.9 Å². The number of rotatable bonds is 4. The Bertz CT molecular complexity index is 1220. The number of carbonyl (C=O) groups is 2. The monoisotopic (exact) mass is 538 g/mol. The summed E-state index contributed by atoms with van der Waals surface area (Å²) in [6.07, 6.45) is -1.99. The minimum Gasteiger partial charge on any atom is -0.371 e. The molecule has 0 atom stereocenters. The number of aliphatic imine (C=N–C) groups is 1. The molecule has 0 radical (unpaired) electrons. The maximum Gasteiger partial charge on any atom is 0.433 e. The second-order valence-electron chi connectivity index (χ2n) is 8.77. The molecule has 1 spiro atoms. The third-order valence-electron chi connectivity index (χ3n) is 6.54. The Labute approximate surface area is 200 Å². The van der Waals surface area contributed by atoms with Crippen LogP contribution in [-0.4, -0.2) is 41.6 Å². The Hall–Kier alpha value is -2.82. The molecule has 2 aromatic rings. The Morgan fingerprint density at radius 2 is 1.88 bits per heavy atom. The van der Waals surface area contributed by atoms with E-state index < -0.39 is 23.2 Å². The molecule has 1 aromatic carbocycles. The number of alkyl halides is 3. The third-order valence-corrected chi connectivity index (χ3v) is 6.99. The fraction of sp³-hybridized carbons (Fsp3) is 0.391. The van der Waals surface area contributed by atoms with Crippen LogP contribution in [0.5, 0.6) is 0 Å². The second kappa shape index (κ2) is 8.14. The van der Waals surface area contributed by atoms with Crippen molar-refractivity contribution in [3.63, 3.8) is 0 Å². The summed E-state index contributed by atoms with van der Waals surface area (Å²) in [6.45, 7) is 0.698. The fourth-order valence-electron chi connectivity index (χ4n) is 4.55. The molecule has 34 heavy (non-hydrogen) atoms. The van der Waals surface area contributed by atoms with E-state index in [0.717, 1.165) is 18.9 Å². The molecule has 11 heteroatoms. The van der Waals surface area contributed by atoms with E-state index in [1.807, 2.05) is 4.90 Å². The van der Waals surface area contributed by atoms with Crippen molar-refractivity contribution in [1.29, 1.82) is 0 Å². The van der Waals surface area contributed by atoms with Gasteiger partial charge in [0.25, 0.3) is 5.91 Å². The maximum absolute atomic E-state index is 14.2. The molecule has 1 aliphatic carbocycles. The average Bonchev–Trinajstić information content (AvgIpc) is 3.58. The summed E-state index contributed by atoms with van der Waals surface area (Å²) < 4.78 is 54.2. The van der Waals surface area contributed by atoms with Gasteiger partial charge in [-0.15, -0.1) is 0 Å². The number of benzene rings is 1. The van der Waals surface area contributed by atoms with E-state index >= 15 is 0 Å². The molecule has 1 saturated carbocycles. The van der Waals surface area contributed by atoms with Crippen LogP contribution in [0.25, 0.3) is 0 Å². The van der Waals surface area contributed by atoms with Crippen LogP contribution in [0.3, 0.4) is 0 Å². The Kier molecular flexibility index (Phi) is 5.50. The van der Waals surface area contributed by atoms with Gasteiger partial charge in [0, 0.05) is 29.0 Å². The number of piperidine rings is 1. The number of halogens is 5. The number of amidine groups is 1. The molecule has 1 N–H and O–H groups in total. The van der Waals surface area contributed by atoms with E-state index in [4.69, 9.17) is 0 Å². The van der Waals surface area contributed by atoms with Crippen molar-refractivity contribution in [3.05, 3.63) is 57.1 Å². The number of hydrogen-bond donors (Lipinski definition) is 1. The number of anilines is 1. The van der Waals surface area contributed by atoms with Crippen LogP contribution < -0.4 is 10.2 Å². The van der Waals surface area contributed by atoms with Crippen LogP contribution in [0.4, 0.5) is 23.2 Å². The lowest BCUT2D eigenvalue weighted by atomic mass is 9.87. The molecule has 6 nitrogen and oxygen atoms in total. The number of pyridine rings is 1. The van der Waals surface area contributed by atoms with Crippen LogP contribution in [-0.2, 0) is 11.0 Å². The average molecular weight is 539 g/mol. The summed E-state index contributed by atoms with van der Waals surface area (Å²) in [5.74, 6) is -0.798. The summed E-state index contributed by atoms with van der Waals surface area (Å²) in [4.78, 5) is 34.7. The smallest absolute Gasteiger partial charge is 0.371 e. The van der Waals surface area contributed by atoms with Gasteiger partial charge in [0.2, 0.25) is 0 Å². The molecule has 178 valence electrons. The van der Waals surface area contributed by atoms with E-state index in [1.165, 1.54) is 12.1 Å². The zero-order valence-corrected chi connectivity index (χ0v) is 19.3. The molecule has 5 rings (SSSR count). The van der Waals surface area contributed by atoms with Crippen molar-refractivity contribution in [2.45, 2.75) is 43.3 Å². The lowest BCUT2D eigenvalue weighted by Crippen LogP contribution is -2.49. The molecule has 0 bridgehead atoms. The number of aldehydes is 1. The quantitative estimate of drug-likeness (QED) is 0.455. The minimum absolute atomic E-state index is 0.0517. The Balaban J connectivity index is 1.42. The predicted octanol–water partition coefficient (Wildman–Crippen LogP) is 4.61. The molecule has 3 aliphatic rings. The molecule has 2 aliphatic heterocycles. The normalized spacial score (nSPS) is 19.9. The summed E-state index contributed by atoms with van der Waals surface area (Å²) in [7, 11) is 0. The van der Waals surface area contributed by atoms with Crippen LogP contribution in [0.15, 0.2) is 33.7 Å². The van der Waals surface area contributed by atoms with Crippen LogP contribution in [0.2, 0.25) is 0 Å². The van der Waals surface area contributed by atoms with E-state index in [-0.39, 0.29) is 23.2 Å². The van der Waals surface area contributed by atoms with E-state index in [2.05, 4.69) is 31.2 Å². The zero-order chi connectivity index (χ0) is 24.3. The topological polar surface area (TPSA) is 74.7 Å². The summed E-state index contributed by atoms with van der Waals surface area (Å²) in [5, 5.41) is 2.75. The molecular weight excluding hydrogens is 520 g/mol. The van der Waals surface area contributed by atoms with Crippen molar-refractivity contribution in [3.8, 4) is 0 Å². The highest BCUT2D eigenvalue weighted by atomic mass is 79.9. The van der Waals surface area contributed by atoms with Crippen LogP contribution in [0, 0.1) is 5.82 Å². The zero-order valence-electron chi connectivity index (χ0n) is 17.8. The standard InChI is InChI=1S/C23H19BrF4N4O2/c24-13-9-16(25)15(11-33)17(10-13)32-7-5-22(6-8-32)21(34)30-20(31-22)14-3-4-18(23(26,27)28)29-19(14)12-1-2-12/h3-4,9-12H,1-2,5-8H2,(H,30,31,34). The van der Waals surface area contributed by atoms with E-state index in [0.29, 0.717) is 53.6 Å². The van der Waals surface area contributed by atoms with Gasteiger partial charge in [-0.3, -0.25) is 14.6 Å². The van der Waals surface area contributed by atoms with Gasteiger partial charge in [0.1, 0.15) is 22.9 Å². The molecule has 1 saturated heterocycles. The van der Waals surface area contributed by atoms with Gasteiger partial charge in [-0.25, -0.2) is 9.37 Å². The van der Waals surface area contributed by atoms with Crippen LogP contribution >= 0.6 is 15.9 Å². The molecule has 1 amide bonds. The second-order valence-corrected chi connectivity index (χ2v) is 9.69. The third kappa shape index (κ3) is 3.99. The fourth-order valence-corrected chi connectivity index (χ4v) is 4.97. The first-order chi connectivity index (χ1) is 16.1. The number of hydrogen-bond acceptors (Lipinski definition) is 5. The van der Waals surface area contributed by atoms with Gasteiger partial charge in [-0.1, -0.05) is 15.9 Å². The van der Waals surface area contributed by atoms with Gasteiger partial charge in [0.15, 0.2) is 6.29 Å². The molecule has 2 fully saturated rings. The number of aromatic nitrogens is 1. The largest absolute Gasteiger partial charge is 0.433 e. The summed E-state index contributed by atoms with van der Waals surface area (Å²) in [6, 6.07) is 5.11. The molecule has 0 unspecified atom stereocenters. The Morgan fingerprint density at radius 1 is 1.18 bits per heavy atom. The molecule has 1 aromatic heterocycles. The van der Waals surface area contributed by atoms with Gasteiger partial charge in [0.05, 0.1) is 16.9 Å². The van der Waals surface area contributed by atoms with Crippen molar-refractivity contribution in [2.24, 2.45) is 4.99 Å². The predicted molar refractivity (Wildman–Crippen MR) is 120 cm³/mol. The SMILES string of the molecule is O=Cc1c(F)cc(Br)cc1N1CCC2(CC1)N=C(c1ccc(C(F)(F)F)nc1C1CC1)NC2=O. The van der Waals surface area contributed by atoms with Gasteiger partial charge >= 0.3 is 6.18 Å². The first-order valence-corrected chi connectivity index (χ1v) is 11.6. The number of carbonyl (C=O) groups excluding carboxylic acids is 2. The van der Waals surface area contributed by atoms with Gasteiger partial charge < -0.3 is 10.2 Å². The summed E-state index contributed by atoms with van der Waals surface area (Å²) in [5.41, 5.74) is -0.921. The van der Waals surface area contributed by atoms with Gasteiger partial charge in [-0.2, -0.15) is 13.2 Å². The number of amides is 1. The first kappa shape index (κ1) is 22.9. The highest BCUT2D eigenvalue weighted by Gasteiger charge is 2.47. The summed E-state index contributed by atoms with van der Waals surface area (Å²) >= 11 is 3.24. The van der Waals surface area contributed by atoms with Crippen molar-refractivity contribution < 1.29 is 27.2 Å². The lowest BCUT2D eigenvalue weighted by Gasteiger charge is -2.37. The van der Waals surface area contributed by atoms with Crippen molar-refractivity contribution >= 4 is 39.6 Å². The number of nitrogens with one attached hydrogen (secondary N) is 1. The highest BCUT2D eigenvalue weighted by Crippen LogP contribution is 2.43. The highest BCUT2D eigenvalue weighted by molar-refractivity contribution is 9.10. The van der Waals surface area contributed by atoms with E-state index in [9.17, 15) is 27.2 Å². The van der Waals surface area contributed by atoms with Crippen molar-refractivity contribution in [2.75, 3.05) is 18.0 Å². The van der Waals surface area contributed by atoms with Gasteiger partial charge in [-0.05, 0) is 49.9 Å².